The van der Waals surface area contributed by atoms with Gasteiger partial charge in [0.1, 0.15) is 0 Å². The van der Waals surface area contributed by atoms with Gasteiger partial charge in [-0.05, 0) is 0 Å². The van der Waals surface area contributed by atoms with E-state index in [-0.39, 0.29) is 32.9 Å². The topological polar surface area (TPSA) is 189 Å². The summed E-state index contributed by atoms with van der Waals surface area (Å²) in [7, 11) is 3.83. The maximum absolute atomic E-state index is 3.83. The zero-order valence-corrected chi connectivity index (χ0v) is 5.68. The molecule has 0 atom stereocenters. The second-order valence-corrected chi connectivity index (χ2v) is 0. The summed E-state index contributed by atoms with van der Waals surface area (Å²) in [6, 6.07) is 0. The van der Waals surface area contributed by atoms with E-state index < -0.39 is 0 Å². The van der Waals surface area contributed by atoms with Gasteiger partial charge in [-0.25, -0.2) is 0 Å². The average Bonchev–Trinajstić information content (AvgIpc) is 1.00. The minimum atomic E-state index is 0. The zero-order chi connectivity index (χ0) is 2.00. The van der Waals surface area contributed by atoms with E-state index in [9.17, 15) is 0 Å². The fourth-order valence-corrected chi connectivity index (χ4v) is 0. The Labute approximate surface area is 58.4 Å². The fourth-order valence-electron chi connectivity index (χ4n) is 0. The molecule has 0 saturated carbocycles. The summed E-state index contributed by atoms with van der Waals surface area (Å²) in [6.07, 6.45) is 0. The first-order valence-electron chi connectivity index (χ1n) is 0.144. The quantitative estimate of drug-likeness (QED) is 0.348. The van der Waals surface area contributed by atoms with Gasteiger partial charge < -0.3 is 32.9 Å². The fraction of sp³-hybridized carbons (Fsp3) is 0. The van der Waals surface area contributed by atoms with E-state index in [1.54, 1.807) is 0 Å². The molecule has 6 nitrogen and oxygen atoms in total. The Hall–Kier alpha value is 0.499. The van der Waals surface area contributed by atoms with E-state index in [1.165, 1.54) is 0 Å². The molecule has 0 saturated heterocycles. The Balaban J connectivity index is -0.000000000333. The van der Waals surface area contributed by atoms with Crippen molar-refractivity contribution in [3.8, 4) is 0 Å². The molecule has 0 aliphatic rings. The monoisotopic (exact) mass is 196 g/mol. The predicted molar refractivity (Wildman–Crippen MR) is 29.3 cm³/mol. The van der Waals surface area contributed by atoms with Gasteiger partial charge in [0.2, 0.25) is 0 Å². The van der Waals surface area contributed by atoms with Gasteiger partial charge in [0, 0.05) is 0 Å². The number of hydrogen-bond acceptors (Lipinski definition) is 1. The molecule has 0 aliphatic carbocycles. The zero-order valence-electron chi connectivity index (χ0n) is 3.76. The van der Waals surface area contributed by atoms with Gasteiger partial charge in [0.15, 0.2) is 0 Å². The van der Waals surface area contributed by atoms with Crippen molar-refractivity contribution in [3.05, 3.63) is 0 Å². The molecule has 0 aromatic rings. The van der Waals surface area contributed by atoms with Crippen molar-refractivity contribution in [2.45, 2.75) is 0 Å². The van der Waals surface area contributed by atoms with Gasteiger partial charge in [-0.1, -0.05) is 0 Å². The van der Waals surface area contributed by atoms with E-state index in [0.717, 1.165) is 0 Å². The first-order valence-corrected chi connectivity index (χ1v) is 1.79. The summed E-state index contributed by atoms with van der Waals surface area (Å²) in [6.45, 7) is 0. The van der Waals surface area contributed by atoms with Crippen LogP contribution in [0.15, 0.2) is 0 Å². The molecular formula is H12FeO6S. The molecule has 8 heavy (non-hydrogen) atoms. The maximum atomic E-state index is 3.83. The molecule has 0 aromatic heterocycles. The summed E-state index contributed by atoms with van der Waals surface area (Å²) < 4.78 is 0. The summed E-state index contributed by atoms with van der Waals surface area (Å²) in [5.41, 5.74) is 0. The Morgan fingerprint density at radius 2 is 0.500 bits per heavy atom. The van der Waals surface area contributed by atoms with Gasteiger partial charge in [0.05, 0.1) is 0 Å². The Kier molecular flexibility index (Phi) is 33700. The van der Waals surface area contributed by atoms with Crippen LogP contribution in [-0.4, -0.2) is 32.9 Å². The predicted octanol–water partition coefficient (Wildman–Crippen LogP) is -4.30. The molecule has 0 spiro atoms. The molecule has 8 heteroatoms. The second-order valence-electron chi connectivity index (χ2n) is 0. The number of rotatable bonds is 0. The molecule has 0 bridgehead atoms. The summed E-state index contributed by atoms with van der Waals surface area (Å²) in [5.74, 6) is 0. The third kappa shape index (κ3) is 788. The molecule has 0 rings (SSSR count). The van der Waals surface area contributed by atoms with Gasteiger partial charge >= 0.3 is 24.9 Å². The standard InChI is InChI=1S/Fe.6H2O.S/h;6*1H2;. The van der Waals surface area contributed by atoms with Crippen LogP contribution < -0.4 is 0 Å². The van der Waals surface area contributed by atoms with Crippen molar-refractivity contribution in [1.82, 2.24) is 0 Å². The molecule has 62 valence electrons. The van der Waals surface area contributed by atoms with Gasteiger partial charge in [-0.15, -0.1) is 0 Å². The second kappa shape index (κ2) is 1270. The molecule has 0 fully saturated rings. The Morgan fingerprint density at radius 1 is 0.500 bits per heavy atom. The summed E-state index contributed by atoms with van der Waals surface area (Å²) in [4.78, 5) is 0. The molecule has 0 aliphatic heterocycles. The van der Waals surface area contributed by atoms with Crippen LogP contribution in [0.1, 0.15) is 0 Å². The van der Waals surface area contributed by atoms with Crippen molar-refractivity contribution in [3.63, 3.8) is 0 Å². The van der Waals surface area contributed by atoms with Gasteiger partial charge in [0.25, 0.3) is 0 Å². The third-order valence-corrected chi connectivity index (χ3v) is 0. The van der Waals surface area contributed by atoms with E-state index >= 15 is 0 Å². The van der Waals surface area contributed by atoms with Crippen molar-refractivity contribution in [2.24, 2.45) is 0 Å². The van der Waals surface area contributed by atoms with Crippen LogP contribution >= 0.6 is 10.6 Å². The van der Waals surface area contributed by atoms with Crippen LogP contribution in [0.2, 0.25) is 0 Å². The SMILES string of the molecule is O.O.O.O.O.O.[S]=[Fe]. The van der Waals surface area contributed by atoms with Crippen LogP contribution in [0.3, 0.4) is 0 Å². The van der Waals surface area contributed by atoms with E-state index in [2.05, 4.69) is 24.9 Å². The Bertz CT molecular complexity index is 8.49. The van der Waals surface area contributed by atoms with Crippen LogP contribution in [0, 0.1) is 0 Å². The van der Waals surface area contributed by atoms with Crippen LogP contribution in [-0.2, 0) is 14.4 Å². The van der Waals surface area contributed by atoms with Crippen molar-refractivity contribution in [1.29, 1.82) is 0 Å². The van der Waals surface area contributed by atoms with Crippen molar-refractivity contribution < 1.29 is 47.2 Å². The van der Waals surface area contributed by atoms with Crippen molar-refractivity contribution >= 4 is 10.6 Å². The normalized spacial score (nSPS) is 0.625. The van der Waals surface area contributed by atoms with E-state index in [1.807, 2.05) is 0 Å². The van der Waals surface area contributed by atoms with Crippen LogP contribution in [0.5, 0.6) is 0 Å². The first-order chi connectivity index (χ1) is 1.00. The molecular weight excluding hydrogens is 184 g/mol. The first kappa shape index (κ1) is 213. The van der Waals surface area contributed by atoms with Gasteiger partial charge in [-0.3, -0.25) is 0 Å². The molecule has 0 amide bonds. The van der Waals surface area contributed by atoms with Gasteiger partial charge in [-0.2, -0.15) is 0 Å². The van der Waals surface area contributed by atoms with E-state index in [0.29, 0.717) is 0 Å². The van der Waals surface area contributed by atoms with Crippen LogP contribution in [0.4, 0.5) is 0 Å². The Morgan fingerprint density at radius 3 is 0.500 bits per heavy atom. The minimum absolute atomic E-state index is 0. The average molecular weight is 196 g/mol. The van der Waals surface area contributed by atoms with Crippen molar-refractivity contribution in [2.75, 3.05) is 0 Å². The molecule has 12 N–H and O–H groups in total. The number of hydrogen-bond donors (Lipinski definition) is 0. The molecule has 0 unspecified atom stereocenters. The molecule has 0 aromatic carbocycles. The molecule has 0 heterocycles. The summed E-state index contributed by atoms with van der Waals surface area (Å²) in [5, 5.41) is 0. The molecule has 0 radical (unpaired) electrons. The van der Waals surface area contributed by atoms with E-state index in [4.69, 9.17) is 0 Å². The summed E-state index contributed by atoms with van der Waals surface area (Å²) >= 11 is 2.83. The third-order valence-electron chi connectivity index (χ3n) is 0. The van der Waals surface area contributed by atoms with Crippen LogP contribution in [0.25, 0.3) is 0 Å².